The zero-order chi connectivity index (χ0) is 11.5. The Kier molecular flexibility index (Phi) is 3.43. The van der Waals surface area contributed by atoms with Crippen LogP contribution in [-0.4, -0.2) is 40.1 Å². The predicted molar refractivity (Wildman–Crippen MR) is 67.8 cm³/mol. The standard InChI is InChI=1S/C13H22N4/c1-2-4-12(14-5-3-1)10-16-8-9-17-7-6-15-13(17)11-16/h6-7,12,14H,1-5,8-11H2. The van der Waals surface area contributed by atoms with Crippen molar-refractivity contribution in [3.05, 3.63) is 18.2 Å². The SMILES string of the molecule is c1cn2c(n1)CN(CC1CCCCCN1)CC2. The molecule has 17 heavy (non-hydrogen) atoms. The second kappa shape index (κ2) is 5.19. The lowest BCUT2D eigenvalue weighted by atomic mass is 10.1. The Morgan fingerprint density at radius 2 is 2.29 bits per heavy atom. The molecule has 1 atom stereocenters. The number of nitrogens with one attached hydrogen (secondary N) is 1. The Labute approximate surface area is 103 Å². The van der Waals surface area contributed by atoms with Gasteiger partial charge in [-0.2, -0.15) is 0 Å². The van der Waals surface area contributed by atoms with Crippen LogP contribution in [0.2, 0.25) is 0 Å². The van der Waals surface area contributed by atoms with Crippen molar-refractivity contribution in [2.45, 2.75) is 44.8 Å². The van der Waals surface area contributed by atoms with Crippen molar-refractivity contribution in [2.24, 2.45) is 0 Å². The number of imidazole rings is 1. The van der Waals surface area contributed by atoms with Gasteiger partial charge in [0.1, 0.15) is 5.82 Å². The first-order chi connectivity index (χ1) is 8.42. The molecule has 0 aromatic carbocycles. The van der Waals surface area contributed by atoms with E-state index in [2.05, 4.69) is 26.0 Å². The van der Waals surface area contributed by atoms with Gasteiger partial charge in [-0.25, -0.2) is 4.98 Å². The summed E-state index contributed by atoms with van der Waals surface area (Å²) < 4.78 is 2.27. The first-order valence-corrected chi connectivity index (χ1v) is 6.87. The minimum atomic E-state index is 0.694. The minimum absolute atomic E-state index is 0.694. The van der Waals surface area contributed by atoms with E-state index in [-0.39, 0.29) is 0 Å². The van der Waals surface area contributed by atoms with E-state index in [1.165, 1.54) is 51.1 Å². The Bertz CT molecular complexity index is 352. The van der Waals surface area contributed by atoms with Gasteiger partial charge in [0, 0.05) is 38.1 Å². The Balaban J connectivity index is 1.56. The summed E-state index contributed by atoms with van der Waals surface area (Å²) in [4.78, 5) is 6.97. The molecule has 0 saturated carbocycles. The minimum Gasteiger partial charge on any atom is -0.333 e. The molecule has 1 saturated heterocycles. The van der Waals surface area contributed by atoms with Crippen LogP contribution in [0.5, 0.6) is 0 Å². The van der Waals surface area contributed by atoms with Gasteiger partial charge in [-0.15, -0.1) is 0 Å². The highest BCUT2D eigenvalue weighted by atomic mass is 15.2. The van der Waals surface area contributed by atoms with E-state index in [0.29, 0.717) is 6.04 Å². The largest absolute Gasteiger partial charge is 0.333 e. The quantitative estimate of drug-likeness (QED) is 0.835. The molecule has 1 N–H and O–H groups in total. The summed E-state index contributed by atoms with van der Waals surface area (Å²) in [6.07, 6.45) is 9.49. The molecule has 0 amide bonds. The van der Waals surface area contributed by atoms with Crippen molar-refractivity contribution in [3.8, 4) is 0 Å². The highest BCUT2D eigenvalue weighted by Gasteiger charge is 2.20. The molecular formula is C13H22N4. The van der Waals surface area contributed by atoms with Gasteiger partial charge < -0.3 is 9.88 Å². The fourth-order valence-electron chi connectivity index (χ4n) is 2.95. The van der Waals surface area contributed by atoms with Crippen molar-refractivity contribution in [1.29, 1.82) is 0 Å². The molecule has 2 aliphatic rings. The number of aromatic nitrogens is 2. The van der Waals surface area contributed by atoms with Gasteiger partial charge in [0.2, 0.25) is 0 Å². The van der Waals surface area contributed by atoms with Crippen LogP contribution in [0.3, 0.4) is 0 Å². The first-order valence-electron chi connectivity index (χ1n) is 6.87. The Morgan fingerprint density at radius 1 is 1.29 bits per heavy atom. The zero-order valence-electron chi connectivity index (χ0n) is 10.4. The maximum atomic E-state index is 4.42. The Morgan fingerprint density at radius 3 is 3.29 bits per heavy atom. The molecule has 3 heterocycles. The summed E-state index contributed by atoms with van der Waals surface area (Å²) in [6.45, 7) is 5.68. The van der Waals surface area contributed by atoms with Crippen LogP contribution in [0.1, 0.15) is 31.5 Å². The maximum Gasteiger partial charge on any atom is 0.122 e. The van der Waals surface area contributed by atoms with Crippen molar-refractivity contribution < 1.29 is 0 Å². The van der Waals surface area contributed by atoms with Crippen LogP contribution in [0.25, 0.3) is 0 Å². The maximum absolute atomic E-state index is 4.42. The average molecular weight is 234 g/mol. The van der Waals surface area contributed by atoms with E-state index in [9.17, 15) is 0 Å². The first kappa shape index (κ1) is 11.2. The van der Waals surface area contributed by atoms with E-state index in [4.69, 9.17) is 0 Å². The molecule has 1 aromatic heterocycles. The topological polar surface area (TPSA) is 33.1 Å². The van der Waals surface area contributed by atoms with Gasteiger partial charge in [-0.1, -0.05) is 12.8 Å². The fraction of sp³-hybridized carbons (Fsp3) is 0.769. The monoisotopic (exact) mass is 234 g/mol. The van der Waals surface area contributed by atoms with Crippen molar-refractivity contribution in [3.63, 3.8) is 0 Å². The van der Waals surface area contributed by atoms with E-state index < -0.39 is 0 Å². The van der Waals surface area contributed by atoms with E-state index in [1.54, 1.807) is 0 Å². The van der Waals surface area contributed by atoms with Gasteiger partial charge in [0.05, 0.1) is 6.54 Å². The van der Waals surface area contributed by atoms with Gasteiger partial charge in [0.25, 0.3) is 0 Å². The van der Waals surface area contributed by atoms with Gasteiger partial charge in [-0.05, 0) is 19.4 Å². The van der Waals surface area contributed by atoms with E-state index >= 15 is 0 Å². The fourth-order valence-corrected chi connectivity index (χ4v) is 2.95. The molecule has 3 rings (SSSR count). The average Bonchev–Trinajstić information content (AvgIpc) is 2.65. The van der Waals surface area contributed by atoms with Gasteiger partial charge >= 0.3 is 0 Å². The molecule has 0 spiro atoms. The number of fused-ring (bicyclic) bond motifs is 1. The number of hydrogen-bond donors (Lipinski definition) is 1. The second-order valence-electron chi connectivity index (χ2n) is 5.27. The summed E-state index contributed by atoms with van der Waals surface area (Å²) in [5.74, 6) is 1.23. The lowest BCUT2D eigenvalue weighted by molar-refractivity contribution is 0.192. The second-order valence-corrected chi connectivity index (χ2v) is 5.27. The van der Waals surface area contributed by atoms with Crippen molar-refractivity contribution in [2.75, 3.05) is 19.6 Å². The molecule has 94 valence electrons. The van der Waals surface area contributed by atoms with Crippen LogP contribution in [0.15, 0.2) is 12.4 Å². The third-order valence-corrected chi connectivity index (χ3v) is 3.96. The van der Waals surface area contributed by atoms with Crippen molar-refractivity contribution >= 4 is 0 Å². The van der Waals surface area contributed by atoms with Crippen LogP contribution >= 0.6 is 0 Å². The third-order valence-electron chi connectivity index (χ3n) is 3.96. The summed E-state index contributed by atoms with van der Waals surface area (Å²) in [6, 6.07) is 0.694. The third kappa shape index (κ3) is 2.69. The van der Waals surface area contributed by atoms with E-state index in [0.717, 1.165) is 13.1 Å². The summed E-state index contributed by atoms with van der Waals surface area (Å²) in [7, 11) is 0. The lowest BCUT2D eigenvalue weighted by Crippen LogP contribution is -2.43. The highest BCUT2D eigenvalue weighted by Crippen LogP contribution is 2.14. The molecule has 0 radical (unpaired) electrons. The summed E-state index contributed by atoms with van der Waals surface area (Å²) >= 11 is 0. The molecular weight excluding hydrogens is 212 g/mol. The lowest BCUT2D eigenvalue weighted by Gasteiger charge is -2.30. The molecule has 1 unspecified atom stereocenters. The van der Waals surface area contributed by atoms with E-state index in [1.807, 2.05) is 6.20 Å². The molecule has 0 aliphatic carbocycles. The molecule has 4 heteroatoms. The predicted octanol–water partition coefficient (Wildman–Crippen LogP) is 1.23. The molecule has 1 aromatic rings. The van der Waals surface area contributed by atoms with Crippen LogP contribution in [0.4, 0.5) is 0 Å². The number of hydrogen-bond acceptors (Lipinski definition) is 3. The highest BCUT2D eigenvalue weighted by molar-refractivity contribution is 4.96. The molecule has 0 bridgehead atoms. The number of rotatable bonds is 2. The number of nitrogens with zero attached hydrogens (tertiary/aromatic N) is 3. The summed E-state index contributed by atoms with van der Waals surface area (Å²) in [5.41, 5.74) is 0. The molecule has 4 nitrogen and oxygen atoms in total. The van der Waals surface area contributed by atoms with Crippen molar-refractivity contribution in [1.82, 2.24) is 19.8 Å². The van der Waals surface area contributed by atoms with Crippen LogP contribution in [-0.2, 0) is 13.1 Å². The van der Waals surface area contributed by atoms with Gasteiger partial charge in [-0.3, -0.25) is 4.90 Å². The normalized spacial score (nSPS) is 26.5. The Hall–Kier alpha value is -0.870. The zero-order valence-corrected chi connectivity index (χ0v) is 10.4. The molecule has 1 fully saturated rings. The van der Waals surface area contributed by atoms with Crippen LogP contribution in [0, 0.1) is 0 Å². The molecule has 2 aliphatic heterocycles. The summed E-state index contributed by atoms with van der Waals surface area (Å²) in [5, 5.41) is 3.68. The van der Waals surface area contributed by atoms with Crippen LogP contribution < -0.4 is 5.32 Å². The smallest absolute Gasteiger partial charge is 0.122 e. The van der Waals surface area contributed by atoms with Gasteiger partial charge in [0.15, 0.2) is 0 Å².